The van der Waals surface area contributed by atoms with Crippen LogP contribution in [0.15, 0.2) is 0 Å². The van der Waals surface area contributed by atoms with Gasteiger partial charge in [0.1, 0.15) is 6.04 Å². The van der Waals surface area contributed by atoms with E-state index in [1.165, 1.54) is 19.2 Å². The second-order valence-corrected chi connectivity index (χ2v) is 4.37. The first-order valence-corrected chi connectivity index (χ1v) is 5.89. The van der Waals surface area contributed by atoms with Crippen molar-refractivity contribution in [1.82, 2.24) is 5.32 Å². The second-order valence-electron chi connectivity index (χ2n) is 4.37. The van der Waals surface area contributed by atoms with E-state index in [0.717, 1.165) is 0 Å². The maximum atomic E-state index is 12.8. The van der Waals surface area contributed by atoms with E-state index >= 15 is 0 Å². The molecule has 0 rings (SSSR count). The van der Waals surface area contributed by atoms with Crippen LogP contribution in [0.3, 0.4) is 0 Å². The molecule has 0 aromatic carbocycles. The van der Waals surface area contributed by atoms with Crippen LogP contribution in [0.25, 0.3) is 0 Å². The Morgan fingerprint density at radius 1 is 1.15 bits per heavy atom. The van der Waals surface area contributed by atoms with Crippen LogP contribution in [-0.4, -0.2) is 36.1 Å². The molecule has 0 radical (unpaired) electrons. The average Bonchev–Trinajstić information content (AvgIpc) is 2.25. The van der Waals surface area contributed by atoms with Gasteiger partial charge in [-0.3, -0.25) is 4.79 Å². The summed E-state index contributed by atoms with van der Waals surface area (Å²) in [5.41, 5.74) is 0. The van der Waals surface area contributed by atoms with Crippen molar-refractivity contribution in [2.45, 2.75) is 57.9 Å². The Morgan fingerprint density at radius 3 is 2.00 bits per heavy atom. The van der Waals surface area contributed by atoms with Crippen molar-refractivity contribution in [2.75, 3.05) is 0 Å². The fraction of sp³-hybridized carbons (Fsp3) is 0.818. The minimum atomic E-state index is -6.02. The molecule has 0 aromatic rings. The van der Waals surface area contributed by atoms with Crippen LogP contribution in [0.2, 0.25) is 0 Å². The maximum Gasteiger partial charge on any atom is 0.463 e. The van der Waals surface area contributed by atoms with E-state index in [9.17, 15) is 31.5 Å². The average molecular weight is 305 g/mol. The number of carbonyl (C=O) groups is 2. The van der Waals surface area contributed by atoms with E-state index < -0.39 is 36.1 Å². The Kier molecular flexibility index (Phi) is 6.36. The third-order valence-corrected chi connectivity index (χ3v) is 2.16. The quantitative estimate of drug-likeness (QED) is 0.605. The van der Waals surface area contributed by atoms with Gasteiger partial charge in [-0.05, 0) is 20.3 Å². The summed E-state index contributed by atoms with van der Waals surface area (Å²) in [7, 11) is 0. The summed E-state index contributed by atoms with van der Waals surface area (Å²) in [6.45, 7) is 4.53. The molecule has 4 nitrogen and oxygen atoms in total. The van der Waals surface area contributed by atoms with Crippen molar-refractivity contribution < 1.29 is 36.3 Å². The van der Waals surface area contributed by atoms with Crippen molar-refractivity contribution in [3.63, 3.8) is 0 Å². The first-order valence-electron chi connectivity index (χ1n) is 5.89. The zero-order chi connectivity index (χ0) is 16.1. The highest BCUT2D eigenvalue weighted by Gasteiger charge is 2.63. The number of hydrogen-bond acceptors (Lipinski definition) is 3. The van der Waals surface area contributed by atoms with E-state index in [1.807, 2.05) is 0 Å². The topological polar surface area (TPSA) is 55.4 Å². The summed E-state index contributed by atoms with van der Waals surface area (Å²) in [5, 5.41) is 1.39. The largest absolute Gasteiger partial charge is 0.463 e. The number of amides is 1. The van der Waals surface area contributed by atoms with Crippen LogP contribution in [0.4, 0.5) is 22.0 Å². The number of rotatable bonds is 6. The fourth-order valence-corrected chi connectivity index (χ4v) is 1.23. The second kappa shape index (κ2) is 6.85. The molecule has 0 bridgehead atoms. The minimum absolute atomic E-state index is 0.106. The smallest absolute Gasteiger partial charge is 0.461 e. The van der Waals surface area contributed by atoms with Gasteiger partial charge in [0.05, 0.1) is 6.10 Å². The number of carbonyl (C=O) groups excluding carboxylic acids is 2. The standard InChI is InChI=1S/C11H16F5NO3/c1-4-5-7(8(18)20-6(2)3)17-9(19)10(12,13)11(14,15)16/h6-7H,4-5H2,1-3H3,(H,17,19)/t7-/m1/s1. The van der Waals surface area contributed by atoms with Gasteiger partial charge in [-0.25, -0.2) is 4.79 Å². The molecule has 118 valence electrons. The van der Waals surface area contributed by atoms with Crippen molar-refractivity contribution in [3.05, 3.63) is 0 Å². The molecule has 0 aliphatic heterocycles. The molecule has 1 N–H and O–H groups in total. The fourth-order valence-electron chi connectivity index (χ4n) is 1.23. The van der Waals surface area contributed by atoms with Gasteiger partial charge < -0.3 is 10.1 Å². The maximum absolute atomic E-state index is 12.8. The molecule has 0 spiro atoms. The molecule has 0 aromatic heterocycles. The SMILES string of the molecule is CCC[C@@H](NC(=O)C(F)(F)C(F)(F)F)C(=O)OC(C)C. The first-order chi connectivity index (χ1) is 8.93. The highest BCUT2D eigenvalue weighted by Crippen LogP contribution is 2.35. The van der Waals surface area contributed by atoms with Gasteiger partial charge >= 0.3 is 24.0 Å². The zero-order valence-corrected chi connectivity index (χ0v) is 11.2. The van der Waals surface area contributed by atoms with Crippen molar-refractivity contribution >= 4 is 11.9 Å². The highest BCUT2D eigenvalue weighted by molar-refractivity contribution is 5.89. The Balaban J connectivity index is 4.92. The molecule has 0 saturated heterocycles. The predicted molar refractivity (Wildman–Crippen MR) is 59.1 cm³/mol. The van der Waals surface area contributed by atoms with E-state index in [4.69, 9.17) is 0 Å². The number of ether oxygens (including phenoxy) is 1. The number of esters is 1. The van der Waals surface area contributed by atoms with Crippen molar-refractivity contribution in [3.8, 4) is 0 Å². The van der Waals surface area contributed by atoms with Crippen molar-refractivity contribution in [2.24, 2.45) is 0 Å². The third-order valence-electron chi connectivity index (χ3n) is 2.16. The monoisotopic (exact) mass is 305 g/mol. The molecule has 0 unspecified atom stereocenters. The normalized spacial score (nSPS) is 14.1. The summed E-state index contributed by atoms with van der Waals surface area (Å²) < 4.78 is 66.2. The molecule has 0 fully saturated rings. The van der Waals surface area contributed by atoms with Crippen LogP contribution in [-0.2, 0) is 14.3 Å². The lowest BCUT2D eigenvalue weighted by molar-refractivity contribution is -0.270. The molecule has 9 heteroatoms. The lowest BCUT2D eigenvalue weighted by Crippen LogP contribution is -2.55. The van der Waals surface area contributed by atoms with Crippen LogP contribution in [0.1, 0.15) is 33.6 Å². The summed E-state index contributed by atoms with van der Waals surface area (Å²) in [4.78, 5) is 22.5. The summed E-state index contributed by atoms with van der Waals surface area (Å²) >= 11 is 0. The molecule has 0 heterocycles. The molecule has 0 aliphatic carbocycles. The molecule has 1 atom stereocenters. The van der Waals surface area contributed by atoms with Crippen LogP contribution in [0.5, 0.6) is 0 Å². The number of alkyl halides is 5. The molecule has 0 aliphatic rings. The van der Waals surface area contributed by atoms with Crippen molar-refractivity contribution in [1.29, 1.82) is 0 Å². The summed E-state index contributed by atoms with van der Waals surface area (Å²) in [6, 6.07) is -1.54. The lowest BCUT2D eigenvalue weighted by atomic mass is 10.1. The molecule has 20 heavy (non-hydrogen) atoms. The lowest BCUT2D eigenvalue weighted by Gasteiger charge is -2.23. The van der Waals surface area contributed by atoms with Gasteiger partial charge in [0.2, 0.25) is 0 Å². The van der Waals surface area contributed by atoms with Crippen LogP contribution in [0, 0.1) is 0 Å². The predicted octanol–water partition coefficient (Wildman–Crippen LogP) is 2.42. The minimum Gasteiger partial charge on any atom is -0.461 e. The van der Waals surface area contributed by atoms with Gasteiger partial charge in [0.15, 0.2) is 0 Å². The molecular formula is C11H16F5NO3. The van der Waals surface area contributed by atoms with Gasteiger partial charge in [-0.2, -0.15) is 22.0 Å². The van der Waals surface area contributed by atoms with E-state index in [-0.39, 0.29) is 12.8 Å². The van der Waals surface area contributed by atoms with Crippen LogP contribution < -0.4 is 5.32 Å². The van der Waals surface area contributed by atoms with Gasteiger partial charge in [-0.15, -0.1) is 0 Å². The summed E-state index contributed by atoms with van der Waals surface area (Å²) in [5.74, 6) is -9.17. The highest BCUT2D eigenvalue weighted by atomic mass is 19.4. The Labute approximate surface area is 112 Å². The molecule has 0 saturated carbocycles. The van der Waals surface area contributed by atoms with Gasteiger partial charge in [-0.1, -0.05) is 13.3 Å². The third kappa shape index (κ3) is 4.93. The Bertz CT molecular complexity index is 354. The Hall–Kier alpha value is -1.41. The number of nitrogens with one attached hydrogen (secondary N) is 1. The first kappa shape index (κ1) is 18.6. The molecule has 1 amide bonds. The van der Waals surface area contributed by atoms with Crippen LogP contribution >= 0.6 is 0 Å². The number of hydrogen-bond donors (Lipinski definition) is 1. The zero-order valence-electron chi connectivity index (χ0n) is 11.2. The van der Waals surface area contributed by atoms with Gasteiger partial charge in [0.25, 0.3) is 0 Å². The van der Waals surface area contributed by atoms with E-state index in [2.05, 4.69) is 4.74 Å². The summed E-state index contributed by atoms with van der Waals surface area (Å²) in [6.07, 6.45) is -6.42. The molecular weight excluding hydrogens is 289 g/mol. The van der Waals surface area contributed by atoms with E-state index in [1.54, 1.807) is 6.92 Å². The van der Waals surface area contributed by atoms with E-state index in [0.29, 0.717) is 0 Å². The number of halogens is 5. The Morgan fingerprint density at radius 2 is 1.65 bits per heavy atom. The van der Waals surface area contributed by atoms with Gasteiger partial charge in [0, 0.05) is 0 Å².